The average molecular weight is 524 g/mol. The highest BCUT2D eigenvalue weighted by molar-refractivity contribution is 6.34. The number of halogens is 4. The number of aromatic nitrogens is 3. The van der Waals surface area contributed by atoms with Crippen molar-refractivity contribution in [3.63, 3.8) is 0 Å². The summed E-state index contributed by atoms with van der Waals surface area (Å²) < 4.78 is 49.5. The van der Waals surface area contributed by atoms with Gasteiger partial charge in [-0.25, -0.2) is 23.1 Å². The summed E-state index contributed by atoms with van der Waals surface area (Å²) >= 11 is 6.06. The molecule has 0 aliphatic rings. The van der Waals surface area contributed by atoms with Crippen LogP contribution in [-0.2, 0) is 0 Å². The van der Waals surface area contributed by atoms with Gasteiger partial charge in [-0.3, -0.25) is 9.36 Å². The maximum atomic E-state index is 14.9. The van der Waals surface area contributed by atoms with E-state index in [-0.39, 0.29) is 44.9 Å². The minimum atomic E-state index is -0.892. The summed E-state index contributed by atoms with van der Waals surface area (Å²) in [4.78, 5) is 21.5. The fourth-order valence-electron chi connectivity index (χ4n) is 3.88. The number of nitrogens with one attached hydrogen (secondary N) is 1. The number of nitrogen functional groups attached to an aromatic ring is 1. The molecule has 3 aromatic heterocycles. The molecule has 0 atom stereocenters. The van der Waals surface area contributed by atoms with E-state index in [4.69, 9.17) is 22.1 Å². The molecular weight excluding hydrogens is 507 g/mol. The van der Waals surface area contributed by atoms with Crippen LogP contribution in [-0.4, -0.2) is 14.5 Å². The fraction of sp³-hybridized carbons (Fsp3) is 0.0385. The second-order valence-electron chi connectivity index (χ2n) is 8.03. The van der Waals surface area contributed by atoms with Crippen LogP contribution in [0.15, 0.2) is 71.8 Å². The van der Waals surface area contributed by atoms with Crippen LogP contribution >= 0.6 is 11.6 Å². The Morgan fingerprint density at radius 3 is 2.49 bits per heavy atom. The molecule has 5 rings (SSSR count). The second-order valence-corrected chi connectivity index (χ2v) is 8.40. The molecule has 186 valence electrons. The number of benzene rings is 2. The molecule has 0 saturated heterocycles. The average Bonchev–Trinajstić information content (AvgIpc) is 2.84. The third-order valence-electron chi connectivity index (χ3n) is 5.56. The summed E-state index contributed by atoms with van der Waals surface area (Å²) in [5.74, 6) is -2.20. The molecule has 0 aliphatic carbocycles. The molecule has 2 aromatic carbocycles. The van der Waals surface area contributed by atoms with Gasteiger partial charge in [-0.1, -0.05) is 11.6 Å². The highest BCUT2D eigenvalue weighted by atomic mass is 35.5. The van der Waals surface area contributed by atoms with Gasteiger partial charge >= 0.3 is 0 Å². The van der Waals surface area contributed by atoms with Crippen LogP contribution in [0.4, 0.5) is 30.5 Å². The van der Waals surface area contributed by atoms with Gasteiger partial charge in [0.15, 0.2) is 17.3 Å². The van der Waals surface area contributed by atoms with E-state index in [1.54, 1.807) is 19.1 Å². The summed E-state index contributed by atoms with van der Waals surface area (Å²) in [7, 11) is 0. The minimum Gasteiger partial charge on any atom is -0.453 e. The van der Waals surface area contributed by atoms with Crippen molar-refractivity contribution < 1.29 is 17.9 Å². The summed E-state index contributed by atoms with van der Waals surface area (Å²) in [5.41, 5.74) is 5.67. The summed E-state index contributed by atoms with van der Waals surface area (Å²) in [6.45, 7) is 1.63. The predicted octanol–water partition coefficient (Wildman–Crippen LogP) is 6.28. The minimum absolute atomic E-state index is 0.0429. The van der Waals surface area contributed by atoms with Gasteiger partial charge in [0.25, 0.3) is 5.56 Å². The number of aryl methyl sites for hydroxylation is 1. The SMILES string of the molecule is Cc1cc2ccnc(Nc3ccc(Oc4ccnc(N)c4Cl)c(F)c3)c2c(=O)n1-c1ccc(F)cc1F. The van der Waals surface area contributed by atoms with Crippen molar-refractivity contribution in [3.05, 3.63) is 106 Å². The zero-order valence-electron chi connectivity index (χ0n) is 19.1. The van der Waals surface area contributed by atoms with Crippen LogP contribution in [0.1, 0.15) is 5.69 Å². The lowest BCUT2D eigenvalue weighted by molar-refractivity contribution is 0.442. The molecule has 37 heavy (non-hydrogen) atoms. The molecule has 0 bridgehead atoms. The van der Waals surface area contributed by atoms with E-state index in [1.165, 1.54) is 36.7 Å². The molecule has 5 aromatic rings. The van der Waals surface area contributed by atoms with Crippen LogP contribution in [0.5, 0.6) is 11.5 Å². The third kappa shape index (κ3) is 4.54. The Balaban J connectivity index is 1.53. The van der Waals surface area contributed by atoms with Gasteiger partial charge in [-0.05, 0) is 48.7 Å². The van der Waals surface area contributed by atoms with Crippen molar-refractivity contribution in [3.8, 4) is 17.2 Å². The van der Waals surface area contributed by atoms with E-state index in [0.717, 1.165) is 16.7 Å². The molecule has 0 spiro atoms. The van der Waals surface area contributed by atoms with Crippen molar-refractivity contribution in [1.82, 2.24) is 14.5 Å². The normalized spacial score (nSPS) is 11.1. The number of hydrogen-bond acceptors (Lipinski definition) is 6. The van der Waals surface area contributed by atoms with E-state index in [2.05, 4.69) is 15.3 Å². The molecular formula is C26H17ClF3N5O2. The third-order valence-corrected chi connectivity index (χ3v) is 5.94. The van der Waals surface area contributed by atoms with Gasteiger partial charge in [-0.15, -0.1) is 0 Å². The summed E-state index contributed by atoms with van der Waals surface area (Å²) in [6.07, 6.45) is 2.86. The van der Waals surface area contributed by atoms with Crippen molar-refractivity contribution in [2.45, 2.75) is 6.92 Å². The Bertz CT molecular complexity index is 1740. The fourth-order valence-corrected chi connectivity index (χ4v) is 4.03. The Kier molecular flexibility index (Phi) is 6.18. The number of ether oxygens (including phenoxy) is 1. The molecule has 0 fully saturated rings. The highest BCUT2D eigenvalue weighted by Crippen LogP contribution is 2.34. The van der Waals surface area contributed by atoms with Crippen LogP contribution in [0.25, 0.3) is 16.5 Å². The van der Waals surface area contributed by atoms with Gasteiger partial charge in [-0.2, -0.15) is 0 Å². The lowest BCUT2D eigenvalue weighted by atomic mass is 10.1. The first-order valence-electron chi connectivity index (χ1n) is 10.8. The molecule has 0 unspecified atom stereocenters. The topological polar surface area (TPSA) is 95.1 Å². The number of anilines is 3. The van der Waals surface area contributed by atoms with E-state index in [1.807, 2.05) is 0 Å². The smallest absolute Gasteiger partial charge is 0.267 e. The first-order chi connectivity index (χ1) is 17.7. The molecule has 0 aliphatic heterocycles. The molecule has 7 nitrogen and oxygen atoms in total. The monoisotopic (exact) mass is 523 g/mol. The van der Waals surface area contributed by atoms with E-state index in [9.17, 15) is 18.0 Å². The van der Waals surface area contributed by atoms with Gasteiger partial charge in [0.1, 0.15) is 28.3 Å². The standard InChI is InChI=1S/C26H17ClF3N5O2/c1-13-10-14-6-8-33-25(22(14)26(36)35(13)19-4-2-15(28)11-17(19)29)34-16-3-5-20(18(30)12-16)37-21-7-9-32-24(31)23(21)27/h2-12H,1H3,(H2,31,32)(H,33,34). The van der Waals surface area contributed by atoms with Crippen LogP contribution < -0.4 is 21.3 Å². The summed E-state index contributed by atoms with van der Waals surface area (Å²) in [5, 5.41) is 3.65. The first kappa shape index (κ1) is 24.1. The number of nitrogens with two attached hydrogens (primary N) is 1. The zero-order valence-corrected chi connectivity index (χ0v) is 19.9. The Hall–Kier alpha value is -4.57. The summed E-state index contributed by atoms with van der Waals surface area (Å²) in [6, 6.07) is 11.7. The lowest BCUT2D eigenvalue weighted by Gasteiger charge is -2.15. The molecule has 3 N–H and O–H groups in total. The number of nitrogens with zero attached hydrogens (tertiary/aromatic N) is 3. The maximum Gasteiger partial charge on any atom is 0.267 e. The maximum absolute atomic E-state index is 14.9. The van der Waals surface area contributed by atoms with Crippen LogP contribution in [0.2, 0.25) is 5.02 Å². The largest absolute Gasteiger partial charge is 0.453 e. The lowest BCUT2D eigenvalue weighted by Crippen LogP contribution is -2.22. The van der Waals surface area contributed by atoms with Gasteiger partial charge < -0.3 is 15.8 Å². The number of pyridine rings is 3. The van der Waals surface area contributed by atoms with E-state index in [0.29, 0.717) is 17.1 Å². The Labute approximate surface area is 212 Å². The van der Waals surface area contributed by atoms with Crippen molar-refractivity contribution >= 4 is 39.7 Å². The number of rotatable bonds is 5. The zero-order chi connectivity index (χ0) is 26.3. The molecule has 0 saturated carbocycles. The first-order valence-corrected chi connectivity index (χ1v) is 11.2. The number of hydrogen-bond donors (Lipinski definition) is 2. The molecule has 0 amide bonds. The second kappa shape index (κ2) is 9.47. The van der Waals surface area contributed by atoms with Crippen molar-refractivity contribution in [2.24, 2.45) is 0 Å². The van der Waals surface area contributed by atoms with Crippen molar-refractivity contribution in [1.29, 1.82) is 0 Å². The van der Waals surface area contributed by atoms with Crippen molar-refractivity contribution in [2.75, 3.05) is 11.1 Å². The van der Waals surface area contributed by atoms with E-state index >= 15 is 0 Å². The Morgan fingerprint density at radius 2 is 1.73 bits per heavy atom. The highest BCUT2D eigenvalue weighted by Gasteiger charge is 2.17. The van der Waals surface area contributed by atoms with Gasteiger partial charge in [0.2, 0.25) is 0 Å². The molecule has 11 heteroatoms. The van der Waals surface area contributed by atoms with Crippen LogP contribution in [0, 0.1) is 24.4 Å². The van der Waals surface area contributed by atoms with E-state index < -0.39 is 23.0 Å². The number of fused-ring (bicyclic) bond motifs is 1. The van der Waals surface area contributed by atoms with Gasteiger partial charge in [0, 0.05) is 42.0 Å². The Morgan fingerprint density at radius 1 is 0.946 bits per heavy atom. The van der Waals surface area contributed by atoms with Crippen LogP contribution in [0.3, 0.4) is 0 Å². The van der Waals surface area contributed by atoms with Gasteiger partial charge in [0.05, 0.1) is 11.1 Å². The molecule has 3 heterocycles. The molecule has 0 radical (unpaired) electrons. The predicted molar refractivity (Wildman–Crippen MR) is 135 cm³/mol. The quantitative estimate of drug-likeness (QED) is 0.281.